The van der Waals surface area contributed by atoms with Crippen molar-refractivity contribution in [2.75, 3.05) is 17.7 Å². The number of hydrogen-bond acceptors (Lipinski definition) is 7. The fraction of sp³-hybridized carbons (Fsp3) is 0.250. The zero-order chi connectivity index (χ0) is 13.7. The van der Waals surface area contributed by atoms with Crippen LogP contribution >= 0.6 is 0 Å². The minimum Gasteiger partial charge on any atom is -0.462 e. The van der Waals surface area contributed by atoms with Gasteiger partial charge in [0.2, 0.25) is 0 Å². The molecule has 0 aliphatic rings. The Morgan fingerprint density at radius 1 is 1.53 bits per heavy atom. The van der Waals surface area contributed by atoms with Crippen LogP contribution in [0.1, 0.15) is 23.0 Å². The number of carbonyl (C=O) groups excluding carboxylic acids is 1. The van der Waals surface area contributed by atoms with Gasteiger partial charge in [0.1, 0.15) is 17.8 Å². The van der Waals surface area contributed by atoms with E-state index < -0.39 is 5.97 Å². The van der Waals surface area contributed by atoms with Gasteiger partial charge in [-0.3, -0.25) is 0 Å². The number of nitrogen functional groups attached to an aromatic ring is 1. The van der Waals surface area contributed by atoms with Gasteiger partial charge in [-0.15, -0.1) is 0 Å². The van der Waals surface area contributed by atoms with Crippen LogP contribution in [0.15, 0.2) is 29.1 Å². The fourth-order valence-corrected chi connectivity index (χ4v) is 1.50. The van der Waals surface area contributed by atoms with Crippen molar-refractivity contribution < 1.29 is 14.1 Å². The summed E-state index contributed by atoms with van der Waals surface area (Å²) < 4.78 is 9.62. The van der Waals surface area contributed by atoms with Crippen molar-refractivity contribution in [2.45, 2.75) is 13.5 Å². The van der Waals surface area contributed by atoms with E-state index in [1.54, 1.807) is 13.0 Å². The van der Waals surface area contributed by atoms with Crippen LogP contribution in [0.25, 0.3) is 0 Å². The molecular weight excluding hydrogens is 248 g/mol. The minimum absolute atomic E-state index is 0.254. The van der Waals surface area contributed by atoms with Gasteiger partial charge in [0, 0.05) is 12.3 Å². The molecule has 0 amide bonds. The van der Waals surface area contributed by atoms with E-state index in [-0.39, 0.29) is 5.69 Å². The number of aromatic nitrogens is 2. The normalized spacial score (nSPS) is 10.2. The molecule has 2 aromatic rings. The molecule has 0 atom stereocenters. The molecule has 2 aromatic heterocycles. The molecule has 0 unspecified atom stereocenters. The fourth-order valence-electron chi connectivity index (χ4n) is 1.50. The summed E-state index contributed by atoms with van der Waals surface area (Å²) >= 11 is 0. The second-order valence-electron chi connectivity index (χ2n) is 3.69. The van der Waals surface area contributed by atoms with Crippen LogP contribution < -0.4 is 11.1 Å². The van der Waals surface area contributed by atoms with Gasteiger partial charge in [-0.2, -0.15) is 0 Å². The Morgan fingerprint density at radius 2 is 2.37 bits per heavy atom. The monoisotopic (exact) mass is 262 g/mol. The number of esters is 1. The van der Waals surface area contributed by atoms with Crippen molar-refractivity contribution >= 4 is 17.5 Å². The second kappa shape index (κ2) is 5.85. The molecule has 0 radical (unpaired) electrons. The van der Waals surface area contributed by atoms with Crippen molar-refractivity contribution in [1.82, 2.24) is 10.1 Å². The first-order valence-corrected chi connectivity index (χ1v) is 5.77. The third-order valence-electron chi connectivity index (χ3n) is 2.41. The molecule has 7 nitrogen and oxygen atoms in total. The highest BCUT2D eigenvalue weighted by Gasteiger charge is 2.14. The van der Waals surface area contributed by atoms with Gasteiger partial charge in [0.15, 0.2) is 0 Å². The Labute approximate surface area is 109 Å². The Hall–Kier alpha value is -2.57. The number of carbonyl (C=O) groups is 1. The average Bonchev–Trinajstić information content (AvgIpc) is 2.91. The summed E-state index contributed by atoms with van der Waals surface area (Å²) in [6.45, 7) is 2.43. The summed E-state index contributed by atoms with van der Waals surface area (Å²) in [4.78, 5) is 15.7. The maximum atomic E-state index is 11.7. The molecule has 0 bridgehead atoms. The van der Waals surface area contributed by atoms with Crippen LogP contribution in [0.3, 0.4) is 0 Å². The topological polar surface area (TPSA) is 103 Å². The molecule has 3 N–H and O–H groups in total. The predicted molar refractivity (Wildman–Crippen MR) is 68.4 cm³/mol. The first-order chi connectivity index (χ1) is 9.22. The van der Waals surface area contributed by atoms with Crippen LogP contribution in [0, 0.1) is 0 Å². The largest absolute Gasteiger partial charge is 0.462 e. The summed E-state index contributed by atoms with van der Waals surface area (Å²) in [6.07, 6.45) is 2.97. The molecule has 19 heavy (non-hydrogen) atoms. The number of nitrogens with one attached hydrogen (secondary N) is 1. The lowest BCUT2D eigenvalue weighted by molar-refractivity contribution is 0.0527. The molecule has 0 aliphatic heterocycles. The van der Waals surface area contributed by atoms with Gasteiger partial charge in [0.05, 0.1) is 24.4 Å². The minimum atomic E-state index is -0.466. The standard InChI is InChI=1S/C12H14N4O3/c1-2-18-12(17)9-3-5-14-11(10(9)13)15-7-8-4-6-19-16-8/h3-6H,2,7,13H2,1H3,(H,14,15). The van der Waals surface area contributed by atoms with Crippen LogP contribution in [-0.4, -0.2) is 22.7 Å². The lowest BCUT2D eigenvalue weighted by Crippen LogP contribution is -2.12. The molecule has 2 rings (SSSR count). The third-order valence-corrected chi connectivity index (χ3v) is 2.41. The Kier molecular flexibility index (Phi) is 3.97. The average molecular weight is 262 g/mol. The van der Waals surface area contributed by atoms with Gasteiger partial charge in [0.25, 0.3) is 0 Å². The smallest absolute Gasteiger partial charge is 0.340 e. The van der Waals surface area contributed by atoms with Crippen LogP contribution in [0.5, 0.6) is 0 Å². The molecule has 0 saturated carbocycles. The number of nitrogens with two attached hydrogens (primary N) is 1. The molecule has 7 heteroatoms. The summed E-state index contributed by atoms with van der Waals surface area (Å²) in [5.41, 5.74) is 7.14. The van der Waals surface area contributed by atoms with Crippen LogP contribution in [0.2, 0.25) is 0 Å². The number of hydrogen-bond donors (Lipinski definition) is 2. The zero-order valence-electron chi connectivity index (χ0n) is 10.4. The lowest BCUT2D eigenvalue weighted by atomic mass is 10.2. The SMILES string of the molecule is CCOC(=O)c1ccnc(NCc2ccon2)c1N. The quantitative estimate of drug-likeness (QED) is 0.786. The van der Waals surface area contributed by atoms with E-state index >= 15 is 0 Å². The molecule has 0 saturated heterocycles. The van der Waals surface area contributed by atoms with Crippen molar-refractivity contribution in [3.8, 4) is 0 Å². The van der Waals surface area contributed by atoms with Crippen molar-refractivity contribution in [1.29, 1.82) is 0 Å². The lowest BCUT2D eigenvalue weighted by Gasteiger charge is -2.10. The van der Waals surface area contributed by atoms with E-state index in [0.717, 1.165) is 0 Å². The molecule has 2 heterocycles. The van der Waals surface area contributed by atoms with Gasteiger partial charge in [-0.1, -0.05) is 5.16 Å². The summed E-state index contributed by atoms with van der Waals surface area (Å²) in [5.74, 6) is -0.0551. The third kappa shape index (κ3) is 3.01. The van der Waals surface area contributed by atoms with Crippen molar-refractivity contribution in [2.24, 2.45) is 0 Å². The van der Waals surface area contributed by atoms with Crippen molar-refractivity contribution in [3.05, 3.63) is 35.9 Å². The Balaban J connectivity index is 2.13. The van der Waals surface area contributed by atoms with Gasteiger partial charge < -0.3 is 20.3 Å². The van der Waals surface area contributed by atoms with Gasteiger partial charge in [-0.25, -0.2) is 9.78 Å². The van der Waals surface area contributed by atoms with E-state index in [9.17, 15) is 4.79 Å². The summed E-state index contributed by atoms with van der Waals surface area (Å²) in [6, 6.07) is 3.24. The zero-order valence-corrected chi connectivity index (χ0v) is 10.4. The van der Waals surface area contributed by atoms with E-state index in [4.69, 9.17) is 15.0 Å². The molecule has 0 aliphatic carbocycles. The Morgan fingerprint density at radius 3 is 3.05 bits per heavy atom. The molecular formula is C12H14N4O3. The summed E-state index contributed by atoms with van der Waals surface area (Å²) in [7, 11) is 0. The van der Waals surface area contributed by atoms with E-state index in [0.29, 0.717) is 30.2 Å². The maximum Gasteiger partial charge on any atom is 0.340 e. The second-order valence-corrected chi connectivity index (χ2v) is 3.69. The van der Waals surface area contributed by atoms with E-state index in [2.05, 4.69) is 15.5 Å². The van der Waals surface area contributed by atoms with E-state index in [1.165, 1.54) is 18.5 Å². The van der Waals surface area contributed by atoms with Gasteiger partial charge >= 0.3 is 5.97 Å². The van der Waals surface area contributed by atoms with Crippen LogP contribution in [0.4, 0.5) is 11.5 Å². The number of nitrogens with zero attached hydrogens (tertiary/aromatic N) is 2. The molecule has 0 fully saturated rings. The highest BCUT2D eigenvalue weighted by atomic mass is 16.5. The van der Waals surface area contributed by atoms with Crippen molar-refractivity contribution in [3.63, 3.8) is 0 Å². The number of rotatable bonds is 5. The Bertz CT molecular complexity index is 554. The van der Waals surface area contributed by atoms with Crippen LogP contribution in [-0.2, 0) is 11.3 Å². The number of pyridine rings is 1. The maximum absolute atomic E-state index is 11.7. The van der Waals surface area contributed by atoms with Gasteiger partial charge in [-0.05, 0) is 13.0 Å². The predicted octanol–water partition coefficient (Wildman–Crippen LogP) is 1.44. The molecule has 100 valence electrons. The van der Waals surface area contributed by atoms with E-state index in [1.807, 2.05) is 0 Å². The first kappa shape index (κ1) is 12.9. The number of ether oxygens (including phenoxy) is 1. The highest BCUT2D eigenvalue weighted by molar-refractivity contribution is 5.97. The highest BCUT2D eigenvalue weighted by Crippen LogP contribution is 2.21. The molecule has 0 spiro atoms. The molecule has 0 aromatic carbocycles. The first-order valence-electron chi connectivity index (χ1n) is 5.77. The summed E-state index contributed by atoms with van der Waals surface area (Å²) in [5, 5.41) is 6.74. The number of anilines is 2.